The van der Waals surface area contributed by atoms with E-state index < -0.39 is 0 Å². The van der Waals surface area contributed by atoms with Crippen molar-refractivity contribution in [2.75, 3.05) is 24.4 Å². The van der Waals surface area contributed by atoms with Crippen LogP contribution >= 0.6 is 0 Å². The Kier molecular flexibility index (Phi) is 7.65. The summed E-state index contributed by atoms with van der Waals surface area (Å²) in [5, 5.41) is 5.56. The lowest BCUT2D eigenvalue weighted by Gasteiger charge is -2.11. The van der Waals surface area contributed by atoms with E-state index in [0.717, 1.165) is 11.1 Å². The van der Waals surface area contributed by atoms with E-state index in [4.69, 9.17) is 9.47 Å². The molecule has 0 fully saturated rings. The molecule has 0 radical (unpaired) electrons. The summed E-state index contributed by atoms with van der Waals surface area (Å²) in [6.45, 7) is 3.87. The van der Waals surface area contributed by atoms with Crippen LogP contribution in [0.25, 0.3) is 6.08 Å². The van der Waals surface area contributed by atoms with E-state index in [2.05, 4.69) is 16.7 Å². The third-order valence-corrected chi connectivity index (χ3v) is 4.68. The predicted octanol–water partition coefficient (Wildman–Crippen LogP) is 4.98. The molecule has 32 heavy (non-hydrogen) atoms. The Balaban J connectivity index is 1.55. The molecule has 0 bridgehead atoms. The smallest absolute Gasteiger partial charge is 0.262 e. The Morgan fingerprint density at radius 1 is 0.875 bits per heavy atom. The maximum Gasteiger partial charge on any atom is 0.262 e. The number of para-hydroxylation sites is 2. The number of methoxy groups -OCH3 is 1. The SMILES string of the molecule is COc1ccccc1OCC(=O)Nc1cccc(NC(=O)/C=C/c2ccc(C)cc2C)c1. The minimum Gasteiger partial charge on any atom is -0.493 e. The van der Waals surface area contributed by atoms with Gasteiger partial charge in [0, 0.05) is 17.5 Å². The van der Waals surface area contributed by atoms with Gasteiger partial charge in [0.15, 0.2) is 18.1 Å². The third-order valence-electron chi connectivity index (χ3n) is 4.68. The second kappa shape index (κ2) is 10.8. The highest BCUT2D eigenvalue weighted by Gasteiger charge is 2.08. The van der Waals surface area contributed by atoms with Crippen molar-refractivity contribution in [3.05, 3.63) is 89.5 Å². The quantitative estimate of drug-likeness (QED) is 0.494. The van der Waals surface area contributed by atoms with Crippen LogP contribution in [0.5, 0.6) is 11.5 Å². The summed E-state index contributed by atoms with van der Waals surface area (Å²) in [5.41, 5.74) is 4.39. The molecule has 0 heterocycles. The first-order chi connectivity index (χ1) is 15.4. The fourth-order valence-electron chi connectivity index (χ4n) is 3.12. The van der Waals surface area contributed by atoms with Crippen molar-refractivity contribution in [3.8, 4) is 11.5 Å². The summed E-state index contributed by atoms with van der Waals surface area (Å²) in [6, 6.07) is 20.1. The number of hydrogen-bond acceptors (Lipinski definition) is 4. The molecule has 2 N–H and O–H groups in total. The lowest BCUT2D eigenvalue weighted by molar-refractivity contribution is -0.118. The van der Waals surface area contributed by atoms with Gasteiger partial charge in [0.25, 0.3) is 5.91 Å². The molecular formula is C26H26N2O4. The molecule has 0 saturated carbocycles. The highest BCUT2D eigenvalue weighted by Crippen LogP contribution is 2.25. The van der Waals surface area contributed by atoms with Gasteiger partial charge in [0.05, 0.1) is 7.11 Å². The van der Waals surface area contributed by atoms with Crippen molar-refractivity contribution < 1.29 is 19.1 Å². The highest BCUT2D eigenvalue weighted by atomic mass is 16.5. The third kappa shape index (κ3) is 6.47. The van der Waals surface area contributed by atoms with Crippen molar-refractivity contribution in [3.63, 3.8) is 0 Å². The first-order valence-electron chi connectivity index (χ1n) is 10.2. The second-order valence-electron chi connectivity index (χ2n) is 7.25. The van der Waals surface area contributed by atoms with Gasteiger partial charge in [-0.15, -0.1) is 0 Å². The minimum absolute atomic E-state index is 0.171. The zero-order valence-corrected chi connectivity index (χ0v) is 18.3. The van der Waals surface area contributed by atoms with Gasteiger partial charge < -0.3 is 20.1 Å². The van der Waals surface area contributed by atoms with E-state index in [1.807, 2.05) is 32.0 Å². The molecule has 2 amide bonds. The van der Waals surface area contributed by atoms with Crippen LogP contribution < -0.4 is 20.1 Å². The van der Waals surface area contributed by atoms with Crippen molar-refractivity contribution in [1.29, 1.82) is 0 Å². The summed E-state index contributed by atoms with van der Waals surface area (Å²) in [5.74, 6) is 0.461. The number of aryl methyl sites for hydroxylation is 2. The van der Waals surface area contributed by atoms with Crippen LogP contribution in [-0.4, -0.2) is 25.5 Å². The van der Waals surface area contributed by atoms with E-state index >= 15 is 0 Å². The van der Waals surface area contributed by atoms with Crippen molar-refractivity contribution in [2.24, 2.45) is 0 Å². The van der Waals surface area contributed by atoms with Gasteiger partial charge >= 0.3 is 0 Å². The molecule has 6 heteroatoms. The van der Waals surface area contributed by atoms with Crippen LogP contribution in [0.1, 0.15) is 16.7 Å². The van der Waals surface area contributed by atoms with Crippen molar-refractivity contribution >= 4 is 29.3 Å². The number of anilines is 2. The van der Waals surface area contributed by atoms with E-state index in [1.54, 1.807) is 55.7 Å². The van der Waals surface area contributed by atoms with Crippen LogP contribution in [0.4, 0.5) is 11.4 Å². The number of benzene rings is 3. The molecule has 0 aliphatic heterocycles. The average molecular weight is 431 g/mol. The molecular weight excluding hydrogens is 404 g/mol. The maximum absolute atomic E-state index is 12.3. The van der Waals surface area contributed by atoms with Gasteiger partial charge in [-0.05, 0) is 61.4 Å². The molecule has 3 aromatic rings. The largest absolute Gasteiger partial charge is 0.493 e. The summed E-state index contributed by atoms with van der Waals surface area (Å²) >= 11 is 0. The molecule has 3 rings (SSSR count). The molecule has 0 spiro atoms. The van der Waals surface area contributed by atoms with Crippen LogP contribution in [0.3, 0.4) is 0 Å². The van der Waals surface area contributed by atoms with Crippen LogP contribution in [0.2, 0.25) is 0 Å². The Morgan fingerprint density at radius 3 is 2.31 bits per heavy atom. The molecule has 3 aromatic carbocycles. The number of rotatable bonds is 8. The first-order valence-corrected chi connectivity index (χ1v) is 10.2. The second-order valence-corrected chi connectivity index (χ2v) is 7.25. The van der Waals surface area contributed by atoms with Crippen LogP contribution in [0.15, 0.2) is 72.8 Å². The number of carbonyl (C=O) groups is 2. The molecule has 0 aliphatic rings. The summed E-state index contributed by atoms with van der Waals surface area (Å²) in [6.07, 6.45) is 3.27. The van der Waals surface area contributed by atoms with Crippen LogP contribution in [0, 0.1) is 13.8 Å². The number of amides is 2. The standard InChI is InChI=1S/C26H26N2O4/c1-18-11-12-20(19(2)15-18)13-14-25(29)27-21-7-6-8-22(16-21)28-26(30)17-32-24-10-5-4-9-23(24)31-3/h4-16H,17H2,1-3H3,(H,27,29)(H,28,30)/b14-13+. The van der Waals surface area contributed by atoms with Gasteiger partial charge in [0.2, 0.25) is 5.91 Å². The zero-order valence-electron chi connectivity index (χ0n) is 18.3. The van der Waals surface area contributed by atoms with E-state index in [0.29, 0.717) is 22.9 Å². The number of hydrogen-bond donors (Lipinski definition) is 2. The number of nitrogens with one attached hydrogen (secondary N) is 2. The van der Waals surface area contributed by atoms with E-state index in [1.165, 1.54) is 11.6 Å². The predicted molar refractivity (Wildman–Crippen MR) is 127 cm³/mol. The topological polar surface area (TPSA) is 76.7 Å². The average Bonchev–Trinajstić information content (AvgIpc) is 2.77. The molecule has 0 unspecified atom stereocenters. The molecule has 6 nitrogen and oxygen atoms in total. The summed E-state index contributed by atoms with van der Waals surface area (Å²) < 4.78 is 10.7. The fraction of sp³-hybridized carbons (Fsp3) is 0.154. The summed E-state index contributed by atoms with van der Waals surface area (Å²) in [7, 11) is 1.54. The lowest BCUT2D eigenvalue weighted by atomic mass is 10.1. The molecule has 0 aliphatic carbocycles. The maximum atomic E-state index is 12.3. The number of ether oxygens (including phenoxy) is 2. The van der Waals surface area contributed by atoms with Gasteiger partial charge in [-0.3, -0.25) is 9.59 Å². The molecule has 0 atom stereocenters. The van der Waals surface area contributed by atoms with E-state index in [9.17, 15) is 9.59 Å². The fourth-order valence-corrected chi connectivity index (χ4v) is 3.12. The van der Waals surface area contributed by atoms with Crippen LogP contribution in [-0.2, 0) is 9.59 Å². The van der Waals surface area contributed by atoms with Gasteiger partial charge in [-0.25, -0.2) is 0 Å². The van der Waals surface area contributed by atoms with Gasteiger partial charge in [0.1, 0.15) is 0 Å². The molecule has 0 saturated heterocycles. The minimum atomic E-state index is -0.325. The van der Waals surface area contributed by atoms with Crippen molar-refractivity contribution in [1.82, 2.24) is 0 Å². The Morgan fingerprint density at radius 2 is 1.59 bits per heavy atom. The molecule has 164 valence electrons. The Hall–Kier alpha value is -4.06. The zero-order chi connectivity index (χ0) is 22.9. The van der Waals surface area contributed by atoms with Gasteiger partial charge in [-0.1, -0.05) is 42.0 Å². The Bertz CT molecular complexity index is 1140. The molecule has 0 aromatic heterocycles. The first kappa shape index (κ1) is 22.6. The highest BCUT2D eigenvalue weighted by molar-refractivity contribution is 6.02. The number of carbonyl (C=O) groups excluding carboxylic acids is 2. The lowest BCUT2D eigenvalue weighted by Crippen LogP contribution is -2.20. The van der Waals surface area contributed by atoms with Crippen molar-refractivity contribution in [2.45, 2.75) is 13.8 Å². The van der Waals surface area contributed by atoms with E-state index in [-0.39, 0.29) is 18.4 Å². The normalized spacial score (nSPS) is 10.6. The monoisotopic (exact) mass is 430 g/mol. The summed E-state index contributed by atoms with van der Waals surface area (Å²) in [4.78, 5) is 24.6. The Labute approximate surface area is 187 Å². The van der Waals surface area contributed by atoms with Gasteiger partial charge in [-0.2, -0.15) is 0 Å².